The number of aromatic nitrogens is 3. The van der Waals surface area contributed by atoms with Crippen LogP contribution in [0.15, 0.2) is 73.3 Å². The molecule has 0 amide bonds. The van der Waals surface area contributed by atoms with Gasteiger partial charge in [-0.3, -0.25) is 14.5 Å². The van der Waals surface area contributed by atoms with Gasteiger partial charge < -0.3 is 0 Å². The molecule has 2 aromatic carbocycles. The second kappa shape index (κ2) is 8.93. The highest BCUT2D eigenvalue weighted by atomic mass is 15.3. The summed E-state index contributed by atoms with van der Waals surface area (Å²) in [6, 6.07) is 21.8. The summed E-state index contributed by atoms with van der Waals surface area (Å²) in [6.45, 7) is 7.50. The van der Waals surface area contributed by atoms with E-state index in [2.05, 4.69) is 80.5 Å². The highest BCUT2D eigenvalue weighted by Crippen LogP contribution is 2.26. The molecule has 0 spiro atoms. The minimum atomic E-state index is 0.425. The lowest BCUT2D eigenvalue weighted by Gasteiger charge is -2.36. The van der Waals surface area contributed by atoms with Crippen molar-refractivity contribution in [1.29, 1.82) is 0 Å². The highest BCUT2D eigenvalue weighted by molar-refractivity contribution is 5.32. The number of piperazine rings is 1. The Morgan fingerprint density at radius 3 is 1.89 bits per heavy atom. The lowest BCUT2D eigenvalue weighted by atomic mass is 9.90. The predicted octanol–water partition coefficient (Wildman–Crippen LogP) is 2.73. The first-order valence-corrected chi connectivity index (χ1v) is 9.75. The SMILES string of the molecule is c1ccc(C(CN2CCN(CCn3cncn3)CC2)c2ccccc2)cc1. The molecule has 0 atom stereocenters. The van der Waals surface area contributed by atoms with Crippen molar-refractivity contribution in [2.75, 3.05) is 39.3 Å². The van der Waals surface area contributed by atoms with Gasteiger partial charge in [-0.05, 0) is 11.1 Å². The molecule has 5 heteroatoms. The zero-order valence-electron chi connectivity index (χ0n) is 15.7. The molecule has 1 fully saturated rings. The fourth-order valence-corrected chi connectivity index (χ4v) is 3.82. The van der Waals surface area contributed by atoms with Gasteiger partial charge in [-0.15, -0.1) is 0 Å². The molecule has 0 N–H and O–H groups in total. The van der Waals surface area contributed by atoms with Crippen molar-refractivity contribution in [2.24, 2.45) is 0 Å². The van der Waals surface area contributed by atoms with E-state index in [1.54, 1.807) is 12.7 Å². The van der Waals surface area contributed by atoms with E-state index in [-0.39, 0.29) is 0 Å². The largest absolute Gasteiger partial charge is 0.300 e. The molecule has 0 saturated carbocycles. The third-order valence-corrected chi connectivity index (χ3v) is 5.42. The highest BCUT2D eigenvalue weighted by Gasteiger charge is 2.22. The lowest BCUT2D eigenvalue weighted by Crippen LogP contribution is -2.48. The van der Waals surface area contributed by atoms with Crippen LogP contribution in [0.1, 0.15) is 17.0 Å². The molecule has 0 radical (unpaired) electrons. The fraction of sp³-hybridized carbons (Fsp3) is 0.364. The van der Waals surface area contributed by atoms with Crippen LogP contribution >= 0.6 is 0 Å². The zero-order valence-corrected chi connectivity index (χ0v) is 15.7. The average molecular weight is 361 g/mol. The normalized spacial score (nSPS) is 16.0. The summed E-state index contributed by atoms with van der Waals surface area (Å²) in [4.78, 5) is 9.15. The molecule has 0 aliphatic carbocycles. The van der Waals surface area contributed by atoms with Gasteiger partial charge in [0, 0.05) is 45.2 Å². The zero-order chi connectivity index (χ0) is 18.3. The molecule has 2 heterocycles. The average Bonchev–Trinajstić information content (AvgIpc) is 3.26. The van der Waals surface area contributed by atoms with Crippen LogP contribution in [0.4, 0.5) is 0 Å². The molecule has 1 aliphatic heterocycles. The Kier molecular flexibility index (Phi) is 5.92. The van der Waals surface area contributed by atoms with Crippen molar-refractivity contribution >= 4 is 0 Å². The van der Waals surface area contributed by atoms with Gasteiger partial charge in [0.2, 0.25) is 0 Å². The second-order valence-corrected chi connectivity index (χ2v) is 7.17. The molecule has 1 aliphatic rings. The van der Waals surface area contributed by atoms with E-state index < -0.39 is 0 Å². The molecular formula is C22H27N5. The van der Waals surface area contributed by atoms with Gasteiger partial charge in [0.25, 0.3) is 0 Å². The molecule has 1 aromatic heterocycles. The van der Waals surface area contributed by atoms with E-state index in [1.165, 1.54) is 11.1 Å². The van der Waals surface area contributed by atoms with Crippen LogP contribution in [-0.2, 0) is 6.54 Å². The van der Waals surface area contributed by atoms with Crippen LogP contribution in [0.25, 0.3) is 0 Å². The van der Waals surface area contributed by atoms with Crippen molar-refractivity contribution in [2.45, 2.75) is 12.5 Å². The smallest absolute Gasteiger partial charge is 0.137 e. The molecule has 5 nitrogen and oxygen atoms in total. The third kappa shape index (κ3) is 4.81. The quantitative estimate of drug-likeness (QED) is 0.648. The van der Waals surface area contributed by atoms with E-state index in [4.69, 9.17) is 0 Å². The minimum absolute atomic E-state index is 0.425. The van der Waals surface area contributed by atoms with Gasteiger partial charge in [0.1, 0.15) is 12.7 Å². The Morgan fingerprint density at radius 1 is 0.741 bits per heavy atom. The van der Waals surface area contributed by atoms with E-state index in [0.717, 1.165) is 45.8 Å². The maximum atomic E-state index is 4.19. The molecule has 4 rings (SSSR count). The first kappa shape index (κ1) is 17.9. The Hall–Kier alpha value is -2.50. The van der Waals surface area contributed by atoms with E-state index >= 15 is 0 Å². The summed E-state index contributed by atoms with van der Waals surface area (Å²) in [5, 5.41) is 4.19. The number of benzene rings is 2. The Labute approximate surface area is 161 Å². The first-order chi connectivity index (χ1) is 13.4. The van der Waals surface area contributed by atoms with E-state index in [1.807, 2.05) is 4.68 Å². The van der Waals surface area contributed by atoms with Crippen LogP contribution in [0.2, 0.25) is 0 Å². The fourth-order valence-electron chi connectivity index (χ4n) is 3.82. The monoisotopic (exact) mass is 361 g/mol. The summed E-state index contributed by atoms with van der Waals surface area (Å²) in [7, 11) is 0. The van der Waals surface area contributed by atoms with Crippen LogP contribution in [-0.4, -0.2) is 63.8 Å². The number of hydrogen-bond donors (Lipinski definition) is 0. The van der Waals surface area contributed by atoms with Crippen LogP contribution in [0.5, 0.6) is 0 Å². The Morgan fingerprint density at radius 2 is 1.33 bits per heavy atom. The van der Waals surface area contributed by atoms with Gasteiger partial charge in [-0.2, -0.15) is 5.10 Å². The molecule has 140 valence electrons. The van der Waals surface area contributed by atoms with Gasteiger partial charge in [-0.25, -0.2) is 4.98 Å². The maximum absolute atomic E-state index is 4.19. The topological polar surface area (TPSA) is 37.2 Å². The molecular weight excluding hydrogens is 334 g/mol. The summed E-state index contributed by atoms with van der Waals surface area (Å²) in [5.41, 5.74) is 2.80. The number of hydrogen-bond acceptors (Lipinski definition) is 4. The molecule has 0 unspecified atom stereocenters. The van der Waals surface area contributed by atoms with Gasteiger partial charge >= 0.3 is 0 Å². The molecule has 27 heavy (non-hydrogen) atoms. The summed E-state index contributed by atoms with van der Waals surface area (Å²) in [6.07, 6.45) is 3.39. The molecule has 0 bridgehead atoms. The Bertz CT molecular complexity index is 741. The third-order valence-electron chi connectivity index (χ3n) is 5.42. The van der Waals surface area contributed by atoms with Gasteiger partial charge in [-0.1, -0.05) is 60.7 Å². The second-order valence-electron chi connectivity index (χ2n) is 7.17. The van der Waals surface area contributed by atoms with Crippen molar-refractivity contribution in [3.8, 4) is 0 Å². The lowest BCUT2D eigenvalue weighted by molar-refractivity contribution is 0.125. The van der Waals surface area contributed by atoms with Gasteiger partial charge in [0.15, 0.2) is 0 Å². The summed E-state index contributed by atoms with van der Waals surface area (Å²) in [5.74, 6) is 0.425. The van der Waals surface area contributed by atoms with Crippen molar-refractivity contribution in [1.82, 2.24) is 24.6 Å². The van der Waals surface area contributed by atoms with Gasteiger partial charge in [0.05, 0.1) is 6.54 Å². The predicted molar refractivity (Wildman–Crippen MR) is 108 cm³/mol. The van der Waals surface area contributed by atoms with Crippen LogP contribution in [0.3, 0.4) is 0 Å². The maximum Gasteiger partial charge on any atom is 0.137 e. The standard InChI is InChI=1S/C22H27N5/c1-3-7-20(8-4-1)22(21-9-5-2-6-10-21)17-26-13-11-25(12-14-26)15-16-27-19-23-18-24-27/h1-10,18-19,22H,11-17H2. The first-order valence-electron chi connectivity index (χ1n) is 9.75. The van der Waals surface area contributed by atoms with E-state index in [0.29, 0.717) is 5.92 Å². The summed E-state index contributed by atoms with van der Waals surface area (Å²) < 4.78 is 1.91. The summed E-state index contributed by atoms with van der Waals surface area (Å²) >= 11 is 0. The minimum Gasteiger partial charge on any atom is -0.300 e. The molecule has 1 saturated heterocycles. The van der Waals surface area contributed by atoms with Crippen molar-refractivity contribution in [3.05, 3.63) is 84.4 Å². The molecule has 3 aromatic rings. The number of rotatable bonds is 7. The number of nitrogens with zero attached hydrogens (tertiary/aromatic N) is 5. The Balaban J connectivity index is 1.35. The van der Waals surface area contributed by atoms with Crippen molar-refractivity contribution < 1.29 is 0 Å². The van der Waals surface area contributed by atoms with Crippen LogP contribution in [0, 0.1) is 0 Å². The van der Waals surface area contributed by atoms with Crippen molar-refractivity contribution in [3.63, 3.8) is 0 Å². The van der Waals surface area contributed by atoms with Crippen LogP contribution < -0.4 is 0 Å². The van der Waals surface area contributed by atoms with E-state index in [9.17, 15) is 0 Å².